The number of methoxy groups -OCH3 is 1. The van der Waals surface area contributed by atoms with Crippen LogP contribution in [-0.2, 0) is 121 Å². The Balaban J connectivity index is -0.00000100. The maximum atomic E-state index is 11.5. The summed E-state index contributed by atoms with van der Waals surface area (Å²) >= 11 is 0. The van der Waals surface area contributed by atoms with Crippen molar-refractivity contribution in [3.8, 4) is 0 Å². The molecule has 0 aliphatic carbocycles. The van der Waals surface area contributed by atoms with Gasteiger partial charge in [-0.1, -0.05) is 0 Å². The third-order valence-electron chi connectivity index (χ3n) is 5.59. The van der Waals surface area contributed by atoms with E-state index in [0.29, 0.717) is 7.11 Å². The number of ether oxygens (including phenoxy) is 4. The first kappa shape index (κ1) is 76.4. The zero-order chi connectivity index (χ0) is 40.5. The summed E-state index contributed by atoms with van der Waals surface area (Å²) in [6.45, 7) is -3.62. The van der Waals surface area contributed by atoms with Gasteiger partial charge in [0.1, 0.15) is 36.6 Å². The molecule has 2 heterocycles. The average molecular weight is 1070 g/mol. The molecule has 2 fully saturated rings. The van der Waals surface area contributed by atoms with Crippen LogP contribution in [0.3, 0.4) is 0 Å². The van der Waals surface area contributed by atoms with Gasteiger partial charge >= 0.3 is 207 Å². The first-order valence-electron chi connectivity index (χ1n) is 12.0. The van der Waals surface area contributed by atoms with Gasteiger partial charge in [-0.05, 0) is 0 Å². The van der Waals surface area contributed by atoms with Crippen molar-refractivity contribution in [2.24, 2.45) is 0 Å². The van der Waals surface area contributed by atoms with Crippen LogP contribution in [0.5, 0.6) is 0 Å². The quantitative estimate of drug-likeness (QED) is 0.0658. The van der Waals surface area contributed by atoms with Gasteiger partial charge < -0.3 is 50.8 Å². The minimum atomic E-state index is -6.30. The van der Waals surface area contributed by atoms with Crippen LogP contribution in [0.1, 0.15) is 0 Å². The molecule has 0 aromatic rings. The van der Waals surface area contributed by atoms with Gasteiger partial charge in [-0.25, -0.2) is 58.9 Å². The molecule has 2 saturated heterocycles. The Kier molecular flexibility index (Phi) is 39.7. The van der Waals surface area contributed by atoms with Crippen LogP contribution >= 0.6 is 0 Å². The molecule has 0 amide bonds. The second kappa shape index (κ2) is 30.6. The standard InChI is InChI=1S/C13H24O32S7.7Na/c1-35-12-10(44-51(29,30)31)8(42-49(23,24)25)6(40-47(17,18)19)4(38-12)2-36-13-11(45-52(32,33)34)9(43-50(26,27)28)7(41-48(20,21)22)5(39-13)3-37-46(14,15)16;;;;;;;/h4-13H,2-3H2,1H3,(H,14,15,16)(H,17,18,19)(H,20,21,22)(H,23,24,25)(H,26,27,28)(H,29,30,31)(H,32,33,34);;;;;;;/q;7*+1/p-7/t4-,5-,6-,7-,8+,9+,10+,11+,12+,13+;;;;;;;/m1......./s1. The molecule has 2 rings (SSSR count). The van der Waals surface area contributed by atoms with Gasteiger partial charge in [0.25, 0.3) is 0 Å². The van der Waals surface area contributed by atoms with Gasteiger partial charge in [0.15, 0.2) is 24.8 Å². The zero-order valence-electron chi connectivity index (χ0n) is 31.1. The van der Waals surface area contributed by atoms with E-state index in [9.17, 15) is 90.8 Å². The van der Waals surface area contributed by atoms with Crippen molar-refractivity contribution in [1.82, 2.24) is 0 Å². The summed E-state index contributed by atoms with van der Waals surface area (Å²) in [5.74, 6) is 0. The van der Waals surface area contributed by atoms with Crippen molar-refractivity contribution >= 4 is 72.8 Å². The van der Waals surface area contributed by atoms with Crippen LogP contribution in [0.2, 0.25) is 0 Å². The second-order valence-corrected chi connectivity index (χ2v) is 16.3. The second-order valence-electron chi connectivity index (χ2n) is 9.16. The Morgan fingerprint density at radius 2 is 0.627 bits per heavy atom. The van der Waals surface area contributed by atoms with Crippen molar-refractivity contribution in [3.63, 3.8) is 0 Å². The van der Waals surface area contributed by atoms with Crippen LogP contribution < -0.4 is 207 Å². The summed E-state index contributed by atoms with van der Waals surface area (Å²) in [4.78, 5) is 0. The van der Waals surface area contributed by atoms with Gasteiger partial charge in [-0.15, -0.1) is 0 Å². The molecule has 10 atom stereocenters. The maximum absolute atomic E-state index is 11.5. The van der Waals surface area contributed by atoms with E-state index >= 15 is 0 Å². The molecule has 0 aromatic carbocycles. The Hall–Kier alpha value is 5.93. The summed E-state index contributed by atoms with van der Waals surface area (Å²) in [5, 5.41) is 0. The molecule has 0 spiro atoms. The summed E-state index contributed by atoms with van der Waals surface area (Å²) in [7, 11) is -42.5. The number of hydrogen-bond donors (Lipinski definition) is 0. The SMILES string of the molecule is CO[C@H]1O[C@H](CO[C@H]2O[C@H](COS(=O)(=O)[O-])[C@@H](OS(=O)(=O)[O-])[C@H](OS(=O)(=O)[O-])[C@@H]2OS(=O)(=O)[O-])[C@@H](OS(=O)(=O)[O-])[C@H](OS(=O)(=O)[O-])[C@@H]1OS(=O)(=O)[O-].[Na+].[Na+].[Na+].[Na+].[Na+].[Na+].[Na+]. The monoisotopic (exact) mass is 1070 g/mol. The molecule has 0 N–H and O–H groups in total. The van der Waals surface area contributed by atoms with Crippen LogP contribution in [0.25, 0.3) is 0 Å². The summed E-state index contributed by atoms with van der Waals surface area (Å²) in [6.07, 6.45) is -29.6. The smallest absolute Gasteiger partial charge is 0.726 e. The van der Waals surface area contributed by atoms with E-state index in [0.717, 1.165) is 0 Å². The third kappa shape index (κ3) is 31.0. The summed E-state index contributed by atoms with van der Waals surface area (Å²) in [5.41, 5.74) is 0. The van der Waals surface area contributed by atoms with E-state index in [1.54, 1.807) is 0 Å². The van der Waals surface area contributed by atoms with Crippen LogP contribution in [-0.4, -0.2) is 173 Å². The average Bonchev–Trinajstić information content (AvgIpc) is 2.87. The first-order valence-corrected chi connectivity index (χ1v) is 21.3. The van der Waals surface area contributed by atoms with E-state index in [2.05, 4.69) is 34.0 Å². The van der Waals surface area contributed by atoms with E-state index in [-0.39, 0.29) is 207 Å². The Morgan fingerprint density at radius 1 is 0.373 bits per heavy atom. The van der Waals surface area contributed by atoms with Crippen molar-refractivity contribution in [3.05, 3.63) is 0 Å². The Labute approximate surface area is 491 Å². The van der Waals surface area contributed by atoms with Crippen molar-refractivity contribution in [1.29, 1.82) is 0 Å². The molecule has 0 saturated carbocycles. The van der Waals surface area contributed by atoms with Crippen LogP contribution in [0, 0.1) is 0 Å². The molecule has 310 valence electrons. The normalized spacial score (nSPS) is 27.9. The summed E-state index contributed by atoms with van der Waals surface area (Å²) in [6, 6.07) is 0. The maximum Gasteiger partial charge on any atom is 1.00 e. The third-order valence-corrected chi connectivity index (χ3v) is 8.76. The molecular weight excluding hydrogens is 1050 g/mol. The largest absolute Gasteiger partial charge is 1.00 e. The van der Waals surface area contributed by atoms with E-state index in [4.69, 9.17) is 14.2 Å². The van der Waals surface area contributed by atoms with Gasteiger partial charge in [-0.3, -0.25) is 29.3 Å². The fourth-order valence-corrected chi connectivity index (χ4v) is 7.40. The topological polar surface area (TPSA) is 502 Å². The van der Waals surface area contributed by atoms with Crippen LogP contribution in [0.4, 0.5) is 0 Å². The van der Waals surface area contributed by atoms with Gasteiger partial charge in [0.2, 0.25) is 72.8 Å². The van der Waals surface area contributed by atoms with E-state index < -0.39 is 147 Å². The molecule has 0 aromatic heterocycles. The molecule has 2 aliphatic heterocycles. The Morgan fingerprint density at radius 3 is 0.915 bits per heavy atom. The van der Waals surface area contributed by atoms with Crippen molar-refractivity contribution in [2.75, 3.05) is 20.3 Å². The minimum absolute atomic E-state index is 0. The first-order chi connectivity index (χ1) is 23.1. The number of rotatable bonds is 19. The number of hydrogen-bond acceptors (Lipinski definition) is 32. The molecule has 2 aliphatic rings. The van der Waals surface area contributed by atoms with Crippen molar-refractivity contribution in [2.45, 2.75) is 61.4 Å². The molecular formula is C13H17Na7O32S7. The minimum Gasteiger partial charge on any atom is -0.726 e. The fourth-order valence-electron chi connectivity index (χ4n) is 4.16. The van der Waals surface area contributed by atoms with E-state index in [1.807, 2.05) is 0 Å². The molecule has 32 nitrogen and oxygen atoms in total. The molecule has 46 heteroatoms. The van der Waals surface area contributed by atoms with Crippen molar-refractivity contribution < 1.29 is 346 Å². The van der Waals surface area contributed by atoms with Crippen LogP contribution in [0.15, 0.2) is 0 Å². The molecule has 0 radical (unpaired) electrons. The summed E-state index contributed by atoms with van der Waals surface area (Å²) < 4.78 is 286. The fraction of sp³-hybridized carbons (Fsp3) is 1.00. The van der Waals surface area contributed by atoms with Gasteiger partial charge in [-0.2, -0.15) is 0 Å². The predicted molar refractivity (Wildman–Crippen MR) is 133 cm³/mol. The molecule has 59 heavy (non-hydrogen) atoms. The van der Waals surface area contributed by atoms with Gasteiger partial charge in [0.05, 0.1) is 13.2 Å². The predicted octanol–water partition coefficient (Wildman–Crippen LogP) is -29.3. The Bertz CT molecular complexity index is 2050. The molecule has 0 unspecified atom stereocenters. The zero-order valence-corrected chi connectivity index (χ0v) is 50.8. The van der Waals surface area contributed by atoms with Gasteiger partial charge in [0, 0.05) is 7.11 Å². The van der Waals surface area contributed by atoms with E-state index in [1.165, 1.54) is 0 Å². The molecule has 0 bridgehead atoms.